The van der Waals surface area contributed by atoms with Crippen LogP contribution in [0.1, 0.15) is 43.0 Å². The highest BCUT2D eigenvalue weighted by Crippen LogP contribution is 2.28. The summed E-state index contributed by atoms with van der Waals surface area (Å²) >= 11 is 9.75. The fourth-order valence-electron chi connectivity index (χ4n) is 2.45. The van der Waals surface area contributed by atoms with E-state index in [1.165, 1.54) is 16.7 Å². The summed E-state index contributed by atoms with van der Waals surface area (Å²) in [5, 5.41) is 4.39. The maximum absolute atomic E-state index is 6.22. The van der Waals surface area contributed by atoms with Crippen LogP contribution in [0, 0.1) is 0 Å². The van der Waals surface area contributed by atoms with Crippen molar-refractivity contribution >= 4 is 27.5 Å². The quantitative estimate of drug-likeness (QED) is 0.686. The highest BCUT2D eigenvalue weighted by Gasteiger charge is 2.14. The molecule has 0 fully saturated rings. The molecule has 0 saturated carbocycles. The smallest absolute Gasteiger partial charge is 0.0577 e. The van der Waals surface area contributed by atoms with Gasteiger partial charge in [-0.15, -0.1) is 0 Å². The highest BCUT2D eigenvalue weighted by molar-refractivity contribution is 9.10. The van der Waals surface area contributed by atoms with Gasteiger partial charge in [0.1, 0.15) is 0 Å². The lowest BCUT2D eigenvalue weighted by Crippen LogP contribution is -2.23. The number of benzene rings is 2. The van der Waals surface area contributed by atoms with Gasteiger partial charge in [-0.25, -0.2) is 0 Å². The summed E-state index contributed by atoms with van der Waals surface area (Å²) < 4.78 is 1.01. The third kappa shape index (κ3) is 4.57. The van der Waals surface area contributed by atoms with Gasteiger partial charge in [-0.05, 0) is 54.3 Å². The van der Waals surface area contributed by atoms with Gasteiger partial charge < -0.3 is 5.32 Å². The van der Waals surface area contributed by atoms with Crippen molar-refractivity contribution in [1.82, 2.24) is 5.32 Å². The minimum Gasteiger partial charge on any atom is -0.306 e. The minimum absolute atomic E-state index is 0.173. The van der Waals surface area contributed by atoms with Crippen LogP contribution < -0.4 is 5.32 Å². The van der Waals surface area contributed by atoms with Crippen molar-refractivity contribution in [3.05, 3.63) is 68.7 Å². The van der Waals surface area contributed by atoms with Crippen molar-refractivity contribution in [2.45, 2.75) is 32.7 Å². The van der Waals surface area contributed by atoms with Crippen LogP contribution in [-0.4, -0.2) is 6.54 Å². The zero-order chi connectivity index (χ0) is 15.2. The predicted molar refractivity (Wildman–Crippen MR) is 95.1 cm³/mol. The molecule has 0 aliphatic carbocycles. The molecule has 1 nitrogen and oxygen atoms in total. The molecule has 0 aliphatic heterocycles. The van der Waals surface area contributed by atoms with Gasteiger partial charge in [0, 0.05) is 9.50 Å². The fraction of sp³-hybridized carbons (Fsp3) is 0.333. The normalized spacial score (nSPS) is 12.4. The zero-order valence-corrected chi connectivity index (χ0v) is 14.8. The Kier molecular flexibility index (Phi) is 6.28. The Labute approximate surface area is 140 Å². The minimum atomic E-state index is 0.173. The maximum Gasteiger partial charge on any atom is 0.0577 e. The van der Waals surface area contributed by atoms with Gasteiger partial charge in [-0.3, -0.25) is 0 Å². The van der Waals surface area contributed by atoms with E-state index in [0.29, 0.717) is 0 Å². The predicted octanol–water partition coefficient (Wildman–Crippen LogP) is 5.75. The van der Waals surface area contributed by atoms with Crippen molar-refractivity contribution in [1.29, 1.82) is 0 Å². The van der Waals surface area contributed by atoms with E-state index in [2.05, 4.69) is 65.4 Å². The van der Waals surface area contributed by atoms with Crippen molar-refractivity contribution in [2.75, 3.05) is 6.54 Å². The van der Waals surface area contributed by atoms with Crippen LogP contribution in [0.4, 0.5) is 0 Å². The summed E-state index contributed by atoms with van der Waals surface area (Å²) in [5.41, 5.74) is 3.84. The van der Waals surface area contributed by atoms with Crippen molar-refractivity contribution in [3.8, 4) is 0 Å². The van der Waals surface area contributed by atoms with Crippen LogP contribution in [0.2, 0.25) is 5.02 Å². The topological polar surface area (TPSA) is 12.0 Å². The molecular formula is C18H21BrClN. The number of halogens is 2. The molecule has 1 N–H and O–H groups in total. The number of rotatable bonds is 6. The Hall–Kier alpha value is -0.830. The molecule has 0 aliphatic rings. The summed E-state index contributed by atoms with van der Waals surface area (Å²) in [6.45, 7) is 5.34. The van der Waals surface area contributed by atoms with E-state index in [-0.39, 0.29) is 6.04 Å². The van der Waals surface area contributed by atoms with Gasteiger partial charge in [0.15, 0.2) is 0 Å². The first-order chi connectivity index (χ1) is 10.1. The summed E-state index contributed by atoms with van der Waals surface area (Å²) in [6, 6.07) is 15.0. The third-order valence-corrected chi connectivity index (χ3v) is 4.19. The van der Waals surface area contributed by atoms with E-state index in [9.17, 15) is 0 Å². The first kappa shape index (κ1) is 16.5. The Morgan fingerprint density at radius 3 is 2.57 bits per heavy atom. The van der Waals surface area contributed by atoms with Gasteiger partial charge in [0.05, 0.1) is 6.04 Å². The Bertz CT molecular complexity index is 577. The monoisotopic (exact) mass is 365 g/mol. The Balaban J connectivity index is 2.41. The van der Waals surface area contributed by atoms with Crippen molar-refractivity contribution < 1.29 is 0 Å². The number of aryl methyl sites for hydroxylation is 1. The molecule has 2 aromatic carbocycles. The molecule has 0 saturated heterocycles. The molecule has 112 valence electrons. The molecular weight excluding hydrogens is 346 g/mol. The molecule has 2 aromatic rings. The van der Waals surface area contributed by atoms with Crippen LogP contribution in [0.3, 0.4) is 0 Å². The lowest BCUT2D eigenvalue weighted by molar-refractivity contribution is 0.598. The molecule has 0 spiro atoms. The molecule has 0 heterocycles. The van der Waals surface area contributed by atoms with E-state index < -0.39 is 0 Å². The van der Waals surface area contributed by atoms with E-state index in [4.69, 9.17) is 11.6 Å². The maximum atomic E-state index is 6.22. The van der Waals surface area contributed by atoms with Crippen LogP contribution in [-0.2, 0) is 6.42 Å². The van der Waals surface area contributed by atoms with Crippen LogP contribution >= 0.6 is 27.5 Å². The van der Waals surface area contributed by atoms with E-state index in [1.807, 2.05) is 12.1 Å². The molecule has 0 amide bonds. The largest absolute Gasteiger partial charge is 0.306 e. The summed E-state index contributed by atoms with van der Waals surface area (Å²) in [4.78, 5) is 0. The van der Waals surface area contributed by atoms with Crippen LogP contribution in [0.25, 0.3) is 0 Å². The SMILES string of the molecule is CCCNC(c1cc(Cl)cc(Br)c1)c1cccc(CC)c1. The molecule has 21 heavy (non-hydrogen) atoms. The van der Waals surface area contributed by atoms with Crippen LogP contribution in [0.5, 0.6) is 0 Å². The van der Waals surface area contributed by atoms with E-state index >= 15 is 0 Å². The Morgan fingerprint density at radius 1 is 1.10 bits per heavy atom. The van der Waals surface area contributed by atoms with E-state index in [0.717, 1.165) is 28.9 Å². The molecule has 0 radical (unpaired) electrons. The number of hydrogen-bond acceptors (Lipinski definition) is 1. The fourth-order valence-corrected chi connectivity index (χ4v) is 3.34. The second-order valence-corrected chi connectivity index (χ2v) is 6.54. The highest BCUT2D eigenvalue weighted by atomic mass is 79.9. The Morgan fingerprint density at radius 2 is 1.90 bits per heavy atom. The van der Waals surface area contributed by atoms with Gasteiger partial charge >= 0.3 is 0 Å². The molecule has 0 aromatic heterocycles. The number of nitrogens with one attached hydrogen (secondary N) is 1. The van der Waals surface area contributed by atoms with Gasteiger partial charge in [0.2, 0.25) is 0 Å². The van der Waals surface area contributed by atoms with Crippen LogP contribution in [0.15, 0.2) is 46.9 Å². The molecule has 2 rings (SSSR count). The summed E-state index contributed by atoms with van der Waals surface area (Å²) in [7, 11) is 0. The average Bonchev–Trinajstić information content (AvgIpc) is 2.47. The lowest BCUT2D eigenvalue weighted by Gasteiger charge is -2.21. The van der Waals surface area contributed by atoms with Gasteiger partial charge in [-0.2, -0.15) is 0 Å². The second kappa shape index (κ2) is 7.98. The first-order valence-corrected chi connectivity index (χ1v) is 8.59. The van der Waals surface area contributed by atoms with Crippen molar-refractivity contribution in [2.24, 2.45) is 0 Å². The molecule has 0 bridgehead atoms. The summed E-state index contributed by atoms with van der Waals surface area (Å²) in [6.07, 6.45) is 2.15. The van der Waals surface area contributed by atoms with Gasteiger partial charge in [-0.1, -0.05) is 65.6 Å². The molecule has 1 unspecified atom stereocenters. The number of hydrogen-bond donors (Lipinski definition) is 1. The standard InChI is InChI=1S/C18H21BrClN/c1-3-8-21-18(14-7-5-6-13(4-2)9-14)15-10-16(19)12-17(20)11-15/h5-7,9-12,18,21H,3-4,8H2,1-2H3. The second-order valence-electron chi connectivity index (χ2n) is 5.19. The van der Waals surface area contributed by atoms with Gasteiger partial charge in [0.25, 0.3) is 0 Å². The molecule has 1 atom stereocenters. The molecule has 3 heteroatoms. The third-order valence-electron chi connectivity index (χ3n) is 3.51. The summed E-state index contributed by atoms with van der Waals surface area (Å²) in [5.74, 6) is 0. The van der Waals surface area contributed by atoms with E-state index in [1.54, 1.807) is 0 Å². The average molecular weight is 367 g/mol. The zero-order valence-electron chi connectivity index (χ0n) is 12.5. The lowest BCUT2D eigenvalue weighted by atomic mass is 9.96. The van der Waals surface area contributed by atoms with Crippen molar-refractivity contribution in [3.63, 3.8) is 0 Å². The first-order valence-electron chi connectivity index (χ1n) is 7.42.